The Morgan fingerprint density at radius 3 is 2.65 bits per heavy atom. The SMILES string of the molecule is C=CCC(N)C(=O)N[C@@H](C)c1ccc(Br)cc1. The number of amides is 1. The number of nitrogens with two attached hydrogens (primary N) is 1. The average Bonchev–Trinajstić information content (AvgIpc) is 2.30. The lowest BCUT2D eigenvalue weighted by Gasteiger charge is -2.17. The molecule has 17 heavy (non-hydrogen) atoms. The van der Waals surface area contributed by atoms with Crippen LogP contribution >= 0.6 is 15.9 Å². The molecule has 0 fully saturated rings. The first-order valence-corrected chi connectivity index (χ1v) is 6.26. The maximum Gasteiger partial charge on any atom is 0.237 e. The highest BCUT2D eigenvalue weighted by molar-refractivity contribution is 9.10. The van der Waals surface area contributed by atoms with E-state index in [4.69, 9.17) is 5.73 Å². The Labute approximate surface area is 110 Å². The Bertz CT molecular complexity index is 389. The van der Waals surface area contributed by atoms with Gasteiger partial charge in [0.2, 0.25) is 5.91 Å². The molecule has 0 spiro atoms. The summed E-state index contributed by atoms with van der Waals surface area (Å²) in [6.07, 6.45) is 2.13. The van der Waals surface area contributed by atoms with E-state index in [2.05, 4.69) is 27.8 Å². The van der Waals surface area contributed by atoms with Gasteiger partial charge < -0.3 is 11.1 Å². The highest BCUT2D eigenvalue weighted by Gasteiger charge is 2.15. The van der Waals surface area contributed by atoms with Crippen molar-refractivity contribution in [3.05, 3.63) is 47.0 Å². The number of benzene rings is 1. The van der Waals surface area contributed by atoms with Crippen LogP contribution < -0.4 is 11.1 Å². The van der Waals surface area contributed by atoms with Crippen molar-refractivity contribution >= 4 is 21.8 Å². The third-order valence-electron chi connectivity index (χ3n) is 2.49. The Kier molecular flexibility index (Phi) is 5.38. The van der Waals surface area contributed by atoms with Gasteiger partial charge in [0.05, 0.1) is 12.1 Å². The summed E-state index contributed by atoms with van der Waals surface area (Å²) in [4.78, 5) is 11.7. The number of carbonyl (C=O) groups excluding carboxylic acids is 1. The predicted octanol–water partition coefficient (Wildman–Crippen LogP) is 2.53. The van der Waals surface area contributed by atoms with Crippen LogP contribution in [-0.4, -0.2) is 11.9 Å². The highest BCUT2D eigenvalue weighted by Crippen LogP contribution is 2.16. The second-order valence-corrected chi connectivity index (χ2v) is 4.83. The molecule has 0 aliphatic carbocycles. The van der Waals surface area contributed by atoms with Gasteiger partial charge in [-0.05, 0) is 31.0 Å². The van der Waals surface area contributed by atoms with Gasteiger partial charge in [-0.2, -0.15) is 0 Å². The largest absolute Gasteiger partial charge is 0.348 e. The summed E-state index contributed by atoms with van der Waals surface area (Å²) in [5.74, 6) is -0.152. The van der Waals surface area contributed by atoms with E-state index in [9.17, 15) is 4.79 Å². The average molecular weight is 297 g/mol. The Hall–Kier alpha value is -1.13. The number of hydrogen-bond donors (Lipinski definition) is 2. The predicted molar refractivity (Wildman–Crippen MR) is 73.5 cm³/mol. The van der Waals surface area contributed by atoms with Crippen LogP contribution in [0.3, 0.4) is 0 Å². The summed E-state index contributed by atoms with van der Waals surface area (Å²) >= 11 is 3.37. The molecule has 0 saturated carbocycles. The van der Waals surface area contributed by atoms with E-state index in [0.717, 1.165) is 10.0 Å². The molecule has 3 nitrogen and oxygen atoms in total. The van der Waals surface area contributed by atoms with E-state index in [0.29, 0.717) is 6.42 Å². The third-order valence-corrected chi connectivity index (χ3v) is 3.01. The molecule has 0 radical (unpaired) electrons. The molecule has 2 atom stereocenters. The first-order chi connectivity index (χ1) is 8.04. The molecule has 0 aromatic heterocycles. The first kappa shape index (κ1) is 13.9. The summed E-state index contributed by atoms with van der Waals surface area (Å²) in [5, 5.41) is 2.87. The van der Waals surface area contributed by atoms with Crippen molar-refractivity contribution in [2.45, 2.75) is 25.4 Å². The summed E-state index contributed by atoms with van der Waals surface area (Å²) in [5.41, 5.74) is 6.74. The lowest BCUT2D eigenvalue weighted by atomic mass is 10.1. The molecule has 3 N–H and O–H groups in total. The van der Waals surface area contributed by atoms with Crippen LogP contribution in [0.1, 0.15) is 24.9 Å². The molecule has 0 aliphatic heterocycles. The topological polar surface area (TPSA) is 55.1 Å². The van der Waals surface area contributed by atoms with Gasteiger partial charge in [-0.1, -0.05) is 34.1 Å². The molecule has 1 rings (SSSR count). The fourth-order valence-corrected chi connectivity index (χ4v) is 1.71. The lowest BCUT2D eigenvalue weighted by molar-refractivity contribution is -0.122. The zero-order valence-corrected chi connectivity index (χ0v) is 11.4. The zero-order valence-electron chi connectivity index (χ0n) is 9.82. The second-order valence-electron chi connectivity index (χ2n) is 3.91. The van der Waals surface area contributed by atoms with Crippen molar-refractivity contribution in [1.82, 2.24) is 5.32 Å². The Morgan fingerprint density at radius 1 is 1.53 bits per heavy atom. The maximum absolute atomic E-state index is 11.7. The maximum atomic E-state index is 11.7. The molecule has 1 unspecified atom stereocenters. The molecule has 0 heterocycles. The summed E-state index contributed by atoms with van der Waals surface area (Å²) < 4.78 is 1.02. The van der Waals surface area contributed by atoms with Gasteiger partial charge in [0.1, 0.15) is 0 Å². The minimum atomic E-state index is -0.523. The van der Waals surface area contributed by atoms with Crippen molar-refractivity contribution in [2.75, 3.05) is 0 Å². The summed E-state index contributed by atoms with van der Waals surface area (Å²) in [6.45, 7) is 5.50. The van der Waals surface area contributed by atoms with Crippen LogP contribution in [0.15, 0.2) is 41.4 Å². The van der Waals surface area contributed by atoms with E-state index in [1.165, 1.54) is 0 Å². The van der Waals surface area contributed by atoms with E-state index in [1.54, 1.807) is 6.08 Å². The van der Waals surface area contributed by atoms with Crippen molar-refractivity contribution < 1.29 is 4.79 Å². The first-order valence-electron chi connectivity index (χ1n) is 5.47. The van der Waals surface area contributed by atoms with Gasteiger partial charge >= 0.3 is 0 Å². The molecule has 92 valence electrons. The molecule has 0 aliphatic rings. The van der Waals surface area contributed by atoms with E-state index in [-0.39, 0.29) is 11.9 Å². The smallest absolute Gasteiger partial charge is 0.237 e. The van der Waals surface area contributed by atoms with E-state index in [1.807, 2.05) is 31.2 Å². The van der Waals surface area contributed by atoms with Crippen molar-refractivity contribution in [3.8, 4) is 0 Å². The van der Waals surface area contributed by atoms with Crippen LogP contribution in [0.4, 0.5) is 0 Å². The second kappa shape index (κ2) is 6.57. The highest BCUT2D eigenvalue weighted by atomic mass is 79.9. The minimum absolute atomic E-state index is 0.0496. The van der Waals surface area contributed by atoms with E-state index < -0.39 is 6.04 Å². The van der Waals surface area contributed by atoms with Crippen molar-refractivity contribution in [1.29, 1.82) is 0 Å². The normalized spacial score (nSPS) is 13.8. The quantitative estimate of drug-likeness (QED) is 0.821. The van der Waals surface area contributed by atoms with Gasteiger partial charge in [0.15, 0.2) is 0 Å². The molecule has 0 bridgehead atoms. The Balaban J connectivity index is 2.59. The number of nitrogens with one attached hydrogen (secondary N) is 1. The monoisotopic (exact) mass is 296 g/mol. The standard InChI is InChI=1S/C13H17BrN2O/c1-3-4-12(15)13(17)16-9(2)10-5-7-11(14)8-6-10/h3,5-9,12H,1,4,15H2,2H3,(H,16,17)/t9-,12?/m0/s1. The fraction of sp³-hybridized carbons (Fsp3) is 0.308. The van der Waals surface area contributed by atoms with Crippen LogP contribution in [0.5, 0.6) is 0 Å². The zero-order chi connectivity index (χ0) is 12.8. The molecule has 4 heteroatoms. The van der Waals surface area contributed by atoms with Crippen LogP contribution in [0.2, 0.25) is 0 Å². The van der Waals surface area contributed by atoms with Crippen molar-refractivity contribution in [2.24, 2.45) is 5.73 Å². The number of rotatable bonds is 5. The van der Waals surface area contributed by atoms with Gasteiger partial charge in [-0.25, -0.2) is 0 Å². The van der Waals surface area contributed by atoms with Crippen LogP contribution in [-0.2, 0) is 4.79 Å². The van der Waals surface area contributed by atoms with Crippen LogP contribution in [0.25, 0.3) is 0 Å². The van der Waals surface area contributed by atoms with Gasteiger partial charge in [0.25, 0.3) is 0 Å². The molecular formula is C13H17BrN2O. The molecule has 1 amide bonds. The lowest BCUT2D eigenvalue weighted by Crippen LogP contribution is -2.41. The molecule has 0 saturated heterocycles. The molecule has 1 aromatic rings. The van der Waals surface area contributed by atoms with Crippen LogP contribution in [0, 0.1) is 0 Å². The van der Waals surface area contributed by atoms with Gasteiger partial charge in [-0.3, -0.25) is 4.79 Å². The number of halogens is 1. The fourth-order valence-electron chi connectivity index (χ4n) is 1.44. The third kappa shape index (κ3) is 4.32. The number of carbonyl (C=O) groups is 1. The molecular weight excluding hydrogens is 280 g/mol. The van der Waals surface area contributed by atoms with Gasteiger partial charge in [-0.15, -0.1) is 6.58 Å². The number of hydrogen-bond acceptors (Lipinski definition) is 2. The summed E-state index contributed by atoms with van der Waals surface area (Å²) in [7, 11) is 0. The minimum Gasteiger partial charge on any atom is -0.348 e. The summed E-state index contributed by atoms with van der Waals surface area (Å²) in [6, 6.07) is 7.25. The van der Waals surface area contributed by atoms with Crippen molar-refractivity contribution in [3.63, 3.8) is 0 Å². The molecule has 1 aromatic carbocycles. The van der Waals surface area contributed by atoms with Gasteiger partial charge in [0, 0.05) is 4.47 Å². The Morgan fingerprint density at radius 2 is 2.12 bits per heavy atom. The van der Waals surface area contributed by atoms with E-state index >= 15 is 0 Å².